The van der Waals surface area contributed by atoms with Gasteiger partial charge >= 0.3 is 5.97 Å². The van der Waals surface area contributed by atoms with Crippen molar-refractivity contribution in [3.05, 3.63) is 30.3 Å². The first-order chi connectivity index (χ1) is 12.1. The van der Waals surface area contributed by atoms with Gasteiger partial charge in [0.05, 0.1) is 6.61 Å². The van der Waals surface area contributed by atoms with Gasteiger partial charge in [-0.15, -0.1) is 0 Å². The van der Waals surface area contributed by atoms with Crippen molar-refractivity contribution in [3.63, 3.8) is 0 Å². The third kappa shape index (κ3) is 6.77. The van der Waals surface area contributed by atoms with E-state index in [1.165, 1.54) is 6.42 Å². The Balaban J connectivity index is 1.57. The van der Waals surface area contributed by atoms with Crippen LogP contribution in [0.3, 0.4) is 0 Å². The van der Waals surface area contributed by atoms with E-state index in [0.29, 0.717) is 24.9 Å². The van der Waals surface area contributed by atoms with Crippen LogP contribution in [0.1, 0.15) is 46.0 Å². The van der Waals surface area contributed by atoms with Crippen molar-refractivity contribution in [1.82, 2.24) is 5.32 Å². The van der Waals surface area contributed by atoms with Crippen LogP contribution >= 0.6 is 0 Å². The molecule has 1 aliphatic carbocycles. The third-order valence-electron chi connectivity index (χ3n) is 4.95. The van der Waals surface area contributed by atoms with E-state index in [-0.39, 0.29) is 30.9 Å². The molecule has 0 aliphatic heterocycles. The van der Waals surface area contributed by atoms with Gasteiger partial charge in [0.25, 0.3) is 5.91 Å². The summed E-state index contributed by atoms with van der Waals surface area (Å²) in [5.74, 6) is 1.29. The molecule has 1 amide bonds. The third-order valence-corrected chi connectivity index (χ3v) is 4.95. The lowest BCUT2D eigenvalue weighted by Gasteiger charge is -2.34. The van der Waals surface area contributed by atoms with Crippen molar-refractivity contribution in [3.8, 4) is 5.75 Å². The fourth-order valence-corrected chi connectivity index (χ4v) is 3.18. The average molecular weight is 347 g/mol. The van der Waals surface area contributed by atoms with E-state index >= 15 is 0 Å². The zero-order chi connectivity index (χ0) is 18.1. The number of carbonyl (C=O) groups excluding carboxylic acids is 2. The highest BCUT2D eigenvalue weighted by atomic mass is 16.5. The lowest BCUT2D eigenvalue weighted by atomic mass is 9.78. The highest BCUT2D eigenvalue weighted by Gasteiger charge is 2.28. The van der Waals surface area contributed by atoms with Gasteiger partial charge in [0.2, 0.25) is 0 Å². The van der Waals surface area contributed by atoms with E-state index in [4.69, 9.17) is 9.47 Å². The molecule has 0 spiro atoms. The van der Waals surface area contributed by atoms with Crippen LogP contribution in [0.15, 0.2) is 30.3 Å². The van der Waals surface area contributed by atoms with Crippen molar-refractivity contribution < 1.29 is 19.1 Å². The maximum Gasteiger partial charge on any atom is 0.306 e. The summed E-state index contributed by atoms with van der Waals surface area (Å²) < 4.78 is 10.6. The summed E-state index contributed by atoms with van der Waals surface area (Å²) in [4.78, 5) is 23.7. The molecule has 0 bridgehead atoms. The molecule has 0 saturated heterocycles. The number of ether oxygens (including phenoxy) is 2. The smallest absolute Gasteiger partial charge is 0.306 e. The average Bonchev–Trinajstić information content (AvgIpc) is 2.62. The zero-order valence-corrected chi connectivity index (χ0v) is 15.2. The number of nitrogens with one attached hydrogen (secondary N) is 1. The molecule has 0 aromatic heterocycles. The van der Waals surface area contributed by atoms with Gasteiger partial charge in [0, 0.05) is 12.5 Å². The number of amides is 1. The number of benzene rings is 1. The van der Waals surface area contributed by atoms with Gasteiger partial charge in [-0.05, 0) is 36.8 Å². The number of esters is 1. The molecule has 1 N–H and O–H groups in total. The maximum absolute atomic E-state index is 12.0. The van der Waals surface area contributed by atoms with Crippen LogP contribution in [0.4, 0.5) is 0 Å². The summed E-state index contributed by atoms with van der Waals surface area (Å²) in [7, 11) is 0. The fraction of sp³-hybridized carbons (Fsp3) is 0.600. The second-order valence-electron chi connectivity index (χ2n) is 6.87. The van der Waals surface area contributed by atoms with Gasteiger partial charge in [0.1, 0.15) is 5.75 Å². The molecule has 1 aromatic carbocycles. The Labute approximate surface area is 150 Å². The number of carbonyl (C=O) groups is 2. The monoisotopic (exact) mass is 347 g/mol. The summed E-state index contributed by atoms with van der Waals surface area (Å²) in [5.41, 5.74) is 0. The molecule has 5 nitrogen and oxygen atoms in total. The van der Waals surface area contributed by atoms with Crippen LogP contribution < -0.4 is 10.1 Å². The lowest BCUT2D eigenvalue weighted by molar-refractivity contribution is -0.149. The lowest BCUT2D eigenvalue weighted by Crippen LogP contribution is -2.45. The first kappa shape index (κ1) is 19.3. The molecule has 3 atom stereocenters. The minimum absolute atomic E-state index is 0.189. The Kier molecular flexibility index (Phi) is 7.76. The molecule has 1 aliphatic rings. The van der Waals surface area contributed by atoms with Crippen LogP contribution in [-0.4, -0.2) is 31.1 Å². The Morgan fingerprint density at radius 2 is 1.92 bits per heavy atom. The summed E-state index contributed by atoms with van der Waals surface area (Å²) >= 11 is 0. The van der Waals surface area contributed by atoms with E-state index in [2.05, 4.69) is 19.2 Å². The summed E-state index contributed by atoms with van der Waals surface area (Å²) in [6, 6.07) is 9.65. The standard InChI is InChI=1S/C20H29NO4/c1-15-8-6-11-18(16(15)2)21-19(22)14-25-20(23)12-7-13-24-17-9-4-3-5-10-17/h3-5,9-10,15-16,18H,6-8,11-14H2,1-2H3,(H,21,22). The number of para-hydroxylation sites is 1. The highest BCUT2D eigenvalue weighted by molar-refractivity contribution is 5.80. The SMILES string of the molecule is CC1CCCC(NC(=O)COC(=O)CCCOc2ccccc2)C1C. The van der Waals surface area contributed by atoms with Gasteiger partial charge in [-0.1, -0.05) is 44.9 Å². The van der Waals surface area contributed by atoms with E-state index in [0.717, 1.165) is 18.6 Å². The largest absolute Gasteiger partial charge is 0.494 e. The van der Waals surface area contributed by atoms with Gasteiger partial charge in [-0.3, -0.25) is 9.59 Å². The summed E-state index contributed by atoms with van der Waals surface area (Å²) in [6.45, 7) is 4.65. The predicted molar refractivity (Wildman–Crippen MR) is 96.2 cm³/mol. The van der Waals surface area contributed by atoms with Crippen molar-refractivity contribution in [2.45, 2.75) is 52.0 Å². The van der Waals surface area contributed by atoms with Crippen LogP contribution in [0.5, 0.6) is 5.75 Å². The molecular formula is C20H29NO4. The molecular weight excluding hydrogens is 318 g/mol. The number of hydrogen-bond acceptors (Lipinski definition) is 4. The van der Waals surface area contributed by atoms with Crippen LogP contribution in [-0.2, 0) is 14.3 Å². The van der Waals surface area contributed by atoms with Crippen LogP contribution in [0, 0.1) is 11.8 Å². The van der Waals surface area contributed by atoms with Crippen molar-refractivity contribution in [2.24, 2.45) is 11.8 Å². The van der Waals surface area contributed by atoms with Gasteiger partial charge < -0.3 is 14.8 Å². The molecule has 25 heavy (non-hydrogen) atoms. The molecule has 1 fully saturated rings. The molecule has 5 heteroatoms. The van der Waals surface area contributed by atoms with E-state index in [9.17, 15) is 9.59 Å². The molecule has 138 valence electrons. The van der Waals surface area contributed by atoms with Crippen molar-refractivity contribution in [2.75, 3.05) is 13.2 Å². The minimum Gasteiger partial charge on any atom is -0.494 e. The first-order valence-corrected chi connectivity index (χ1v) is 9.19. The predicted octanol–water partition coefficient (Wildman–Crippen LogP) is 3.33. The Hall–Kier alpha value is -2.04. The Morgan fingerprint density at radius 3 is 2.68 bits per heavy atom. The number of rotatable bonds is 8. The van der Waals surface area contributed by atoms with E-state index in [1.807, 2.05) is 30.3 Å². The van der Waals surface area contributed by atoms with Gasteiger partial charge in [-0.25, -0.2) is 0 Å². The Bertz CT molecular complexity index is 546. The molecule has 0 heterocycles. The fourth-order valence-electron chi connectivity index (χ4n) is 3.18. The number of hydrogen-bond donors (Lipinski definition) is 1. The van der Waals surface area contributed by atoms with Gasteiger partial charge in [0.15, 0.2) is 6.61 Å². The molecule has 1 aromatic rings. The zero-order valence-electron chi connectivity index (χ0n) is 15.2. The second-order valence-corrected chi connectivity index (χ2v) is 6.87. The quantitative estimate of drug-likeness (QED) is 0.579. The van der Waals surface area contributed by atoms with Crippen molar-refractivity contribution >= 4 is 11.9 Å². The normalized spacial score (nSPS) is 22.9. The minimum atomic E-state index is -0.364. The molecule has 0 radical (unpaired) electrons. The second kappa shape index (κ2) is 10.1. The van der Waals surface area contributed by atoms with E-state index in [1.54, 1.807) is 0 Å². The topological polar surface area (TPSA) is 64.6 Å². The highest BCUT2D eigenvalue weighted by Crippen LogP contribution is 2.29. The summed E-state index contributed by atoms with van der Waals surface area (Å²) in [5, 5.41) is 3.00. The molecule has 1 saturated carbocycles. The van der Waals surface area contributed by atoms with Crippen LogP contribution in [0.2, 0.25) is 0 Å². The van der Waals surface area contributed by atoms with Gasteiger partial charge in [-0.2, -0.15) is 0 Å². The van der Waals surface area contributed by atoms with Crippen molar-refractivity contribution in [1.29, 1.82) is 0 Å². The maximum atomic E-state index is 12.0. The molecule has 2 rings (SSSR count). The molecule has 3 unspecified atom stereocenters. The summed E-state index contributed by atoms with van der Waals surface area (Å²) in [6.07, 6.45) is 4.16. The Morgan fingerprint density at radius 1 is 1.16 bits per heavy atom. The van der Waals surface area contributed by atoms with E-state index < -0.39 is 0 Å². The first-order valence-electron chi connectivity index (χ1n) is 9.19. The van der Waals surface area contributed by atoms with Crippen LogP contribution in [0.25, 0.3) is 0 Å².